The maximum absolute atomic E-state index is 13.5. The summed E-state index contributed by atoms with van der Waals surface area (Å²) < 4.78 is 53.4. The van der Waals surface area contributed by atoms with Gasteiger partial charge in [0.2, 0.25) is 0 Å². The summed E-state index contributed by atoms with van der Waals surface area (Å²) in [6.07, 6.45) is 0. The monoisotopic (exact) mass is 317 g/mol. The topological polar surface area (TPSA) is 46.2 Å². The minimum atomic E-state index is -4.37. The lowest BCUT2D eigenvalue weighted by Gasteiger charge is -2.12. The second kappa shape index (κ2) is 5.38. The van der Waals surface area contributed by atoms with Gasteiger partial charge in [0.15, 0.2) is 4.90 Å². The minimum absolute atomic E-state index is 0.167. The highest BCUT2D eigenvalue weighted by atomic mass is 35.5. The maximum atomic E-state index is 13.5. The summed E-state index contributed by atoms with van der Waals surface area (Å²) in [6, 6.07) is 7.39. The molecule has 2 aromatic rings. The van der Waals surface area contributed by atoms with Gasteiger partial charge < -0.3 is 0 Å². The van der Waals surface area contributed by atoms with E-state index in [0.717, 1.165) is 18.2 Å². The number of rotatable bonds is 3. The lowest BCUT2D eigenvalue weighted by molar-refractivity contribution is 0.521. The zero-order chi connectivity index (χ0) is 14.9. The zero-order valence-corrected chi connectivity index (χ0v) is 11.9. The highest BCUT2D eigenvalue weighted by molar-refractivity contribution is 7.92. The van der Waals surface area contributed by atoms with Crippen molar-refractivity contribution in [1.82, 2.24) is 0 Å². The Balaban J connectivity index is 2.49. The van der Waals surface area contributed by atoms with Gasteiger partial charge in [-0.1, -0.05) is 23.7 Å². The molecule has 0 heterocycles. The highest BCUT2D eigenvalue weighted by Crippen LogP contribution is 2.25. The van der Waals surface area contributed by atoms with E-state index in [1.807, 2.05) is 0 Å². The van der Waals surface area contributed by atoms with E-state index < -0.39 is 26.6 Å². The molecule has 0 aliphatic rings. The number of hydrogen-bond donors (Lipinski definition) is 1. The van der Waals surface area contributed by atoms with Gasteiger partial charge in [-0.25, -0.2) is 17.2 Å². The van der Waals surface area contributed by atoms with Crippen LogP contribution in [0.25, 0.3) is 0 Å². The lowest BCUT2D eigenvalue weighted by atomic mass is 10.2. The molecule has 0 bridgehead atoms. The van der Waals surface area contributed by atoms with E-state index in [0.29, 0.717) is 10.6 Å². The molecule has 0 spiro atoms. The molecule has 0 atom stereocenters. The molecule has 0 saturated heterocycles. The fraction of sp³-hybridized carbons (Fsp3) is 0.0769. The molecule has 0 amide bonds. The van der Waals surface area contributed by atoms with E-state index in [1.165, 1.54) is 6.07 Å². The van der Waals surface area contributed by atoms with E-state index in [9.17, 15) is 17.2 Å². The van der Waals surface area contributed by atoms with Crippen LogP contribution in [0.2, 0.25) is 5.02 Å². The lowest BCUT2D eigenvalue weighted by Crippen LogP contribution is -2.17. The van der Waals surface area contributed by atoms with Crippen molar-refractivity contribution in [2.75, 3.05) is 4.72 Å². The van der Waals surface area contributed by atoms with Gasteiger partial charge in [-0.2, -0.15) is 0 Å². The van der Waals surface area contributed by atoms with Gasteiger partial charge in [0.05, 0.1) is 5.69 Å². The van der Waals surface area contributed by atoms with Crippen LogP contribution >= 0.6 is 11.6 Å². The summed E-state index contributed by atoms with van der Waals surface area (Å²) in [5, 5.41) is 0.308. The van der Waals surface area contributed by atoms with Gasteiger partial charge in [-0.3, -0.25) is 4.72 Å². The largest absolute Gasteiger partial charge is 0.279 e. The van der Waals surface area contributed by atoms with Crippen LogP contribution in [0.4, 0.5) is 14.5 Å². The van der Waals surface area contributed by atoms with Gasteiger partial charge in [-0.05, 0) is 36.8 Å². The first-order valence-electron chi connectivity index (χ1n) is 5.54. The standard InChI is InChI=1S/C13H10ClF2NO2S/c1-8-5-6-9(14)7-12(8)17-20(18,19)13-10(15)3-2-4-11(13)16/h2-7,17H,1H3. The number of anilines is 1. The van der Waals surface area contributed by atoms with Crippen molar-refractivity contribution in [2.45, 2.75) is 11.8 Å². The Labute approximate surface area is 120 Å². The minimum Gasteiger partial charge on any atom is -0.279 e. The third-order valence-corrected chi connectivity index (χ3v) is 4.28. The Hall–Kier alpha value is -1.66. The van der Waals surface area contributed by atoms with Gasteiger partial charge in [0.1, 0.15) is 11.6 Å². The third kappa shape index (κ3) is 2.91. The van der Waals surface area contributed by atoms with Gasteiger partial charge in [0, 0.05) is 5.02 Å². The van der Waals surface area contributed by atoms with E-state index in [-0.39, 0.29) is 5.69 Å². The number of nitrogens with one attached hydrogen (secondary N) is 1. The molecular weight excluding hydrogens is 308 g/mol. The highest BCUT2D eigenvalue weighted by Gasteiger charge is 2.24. The third-order valence-electron chi connectivity index (χ3n) is 2.63. The molecule has 7 heteroatoms. The molecule has 0 aliphatic heterocycles. The van der Waals surface area contributed by atoms with Crippen LogP contribution in [0.3, 0.4) is 0 Å². The van der Waals surface area contributed by atoms with Crippen molar-refractivity contribution in [1.29, 1.82) is 0 Å². The Morgan fingerprint density at radius 1 is 1.10 bits per heavy atom. The number of halogens is 3. The molecule has 106 valence electrons. The zero-order valence-electron chi connectivity index (χ0n) is 10.3. The SMILES string of the molecule is Cc1ccc(Cl)cc1NS(=O)(=O)c1c(F)cccc1F. The molecule has 2 rings (SSSR count). The second-order valence-corrected chi connectivity index (χ2v) is 6.17. The van der Waals surface area contributed by atoms with Crippen LogP contribution in [0.5, 0.6) is 0 Å². The molecule has 20 heavy (non-hydrogen) atoms. The molecule has 1 N–H and O–H groups in total. The van der Waals surface area contributed by atoms with Gasteiger partial charge in [-0.15, -0.1) is 0 Å². The van der Waals surface area contributed by atoms with E-state index in [2.05, 4.69) is 4.72 Å². The van der Waals surface area contributed by atoms with Crippen molar-refractivity contribution >= 4 is 27.3 Å². The Morgan fingerprint density at radius 3 is 2.30 bits per heavy atom. The van der Waals surface area contributed by atoms with E-state index in [4.69, 9.17) is 11.6 Å². The van der Waals surface area contributed by atoms with E-state index >= 15 is 0 Å². The van der Waals surface area contributed by atoms with Gasteiger partial charge in [0.25, 0.3) is 10.0 Å². The first kappa shape index (κ1) is 14.7. The molecule has 0 saturated carbocycles. The molecule has 2 aromatic carbocycles. The molecular formula is C13H10ClF2NO2S. The first-order valence-corrected chi connectivity index (χ1v) is 7.40. The summed E-state index contributed by atoms with van der Waals surface area (Å²) in [6.45, 7) is 1.64. The Kier molecular flexibility index (Phi) is 3.96. The summed E-state index contributed by atoms with van der Waals surface area (Å²) >= 11 is 5.77. The smallest absolute Gasteiger partial charge is 0.267 e. The molecule has 0 aliphatic carbocycles. The summed E-state index contributed by atoms with van der Waals surface area (Å²) in [5.74, 6) is -2.31. The van der Waals surface area contributed by atoms with Crippen molar-refractivity contribution in [2.24, 2.45) is 0 Å². The Morgan fingerprint density at radius 2 is 1.70 bits per heavy atom. The fourth-order valence-electron chi connectivity index (χ4n) is 1.64. The quantitative estimate of drug-likeness (QED) is 0.937. The van der Waals surface area contributed by atoms with Crippen LogP contribution < -0.4 is 4.72 Å². The van der Waals surface area contributed by atoms with Crippen LogP contribution in [0.15, 0.2) is 41.3 Å². The van der Waals surface area contributed by atoms with Crippen LogP contribution in [0, 0.1) is 18.6 Å². The van der Waals surface area contributed by atoms with E-state index in [1.54, 1.807) is 19.1 Å². The number of sulfonamides is 1. The second-order valence-electron chi connectivity index (χ2n) is 4.12. The Bertz CT molecular complexity index is 743. The molecule has 0 radical (unpaired) electrons. The van der Waals surface area contributed by atoms with Crippen molar-refractivity contribution in [3.63, 3.8) is 0 Å². The molecule has 3 nitrogen and oxygen atoms in total. The normalized spacial score (nSPS) is 11.4. The fourth-order valence-corrected chi connectivity index (χ4v) is 3.07. The number of hydrogen-bond acceptors (Lipinski definition) is 2. The predicted molar refractivity (Wildman–Crippen MR) is 73.4 cm³/mol. The summed E-state index contributed by atoms with van der Waals surface area (Å²) in [5.41, 5.74) is 0.745. The van der Waals surface area contributed by atoms with Crippen molar-refractivity contribution in [3.8, 4) is 0 Å². The predicted octanol–water partition coefficient (Wildman–Crippen LogP) is 3.73. The van der Waals surface area contributed by atoms with Crippen molar-refractivity contribution < 1.29 is 17.2 Å². The molecule has 0 aromatic heterocycles. The van der Waals surface area contributed by atoms with Crippen LogP contribution in [-0.2, 0) is 10.0 Å². The van der Waals surface area contributed by atoms with Crippen LogP contribution in [0.1, 0.15) is 5.56 Å². The average molecular weight is 318 g/mol. The average Bonchev–Trinajstić information content (AvgIpc) is 2.33. The maximum Gasteiger partial charge on any atom is 0.267 e. The van der Waals surface area contributed by atoms with Crippen molar-refractivity contribution in [3.05, 3.63) is 58.6 Å². The first-order chi connectivity index (χ1) is 9.31. The number of benzene rings is 2. The number of aryl methyl sites for hydroxylation is 1. The summed E-state index contributed by atoms with van der Waals surface area (Å²) in [7, 11) is -4.37. The van der Waals surface area contributed by atoms with Crippen LogP contribution in [-0.4, -0.2) is 8.42 Å². The molecule has 0 fully saturated rings. The van der Waals surface area contributed by atoms with Gasteiger partial charge >= 0.3 is 0 Å². The summed E-state index contributed by atoms with van der Waals surface area (Å²) in [4.78, 5) is -1.01. The molecule has 0 unspecified atom stereocenters.